The van der Waals surface area contributed by atoms with Crippen LogP contribution < -0.4 is 4.74 Å². The summed E-state index contributed by atoms with van der Waals surface area (Å²) in [5, 5.41) is 13.0. The number of aromatic nitrogens is 4. The van der Waals surface area contributed by atoms with E-state index in [-0.39, 0.29) is 0 Å². The molecule has 2 heterocycles. The minimum absolute atomic E-state index is 0.586. The first-order valence-corrected chi connectivity index (χ1v) is 8.94. The van der Waals surface area contributed by atoms with Crippen LogP contribution in [0.1, 0.15) is 5.56 Å². The van der Waals surface area contributed by atoms with Crippen LogP contribution in [0.5, 0.6) is 5.75 Å². The van der Waals surface area contributed by atoms with Crippen LogP contribution in [0.2, 0.25) is 0 Å². The van der Waals surface area contributed by atoms with Gasteiger partial charge in [0.05, 0.1) is 12.8 Å². The largest absolute Gasteiger partial charge is 0.492 e. The van der Waals surface area contributed by atoms with Gasteiger partial charge in [0, 0.05) is 27.1 Å². The Labute approximate surface area is 158 Å². The summed E-state index contributed by atoms with van der Waals surface area (Å²) in [4.78, 5) is 0. The van der Waals surface area contributed by atoms with Crippen LogP contribution in [-0.2, 0) is 6.54 Å². The first kappa shape index (κ1) is 16.5. The van der Waals surface area contributed by atoms with Gasteiger partial charge in [-0.1, -0.05) is 34.1 Å². The molecule has 0 fully saturated rings. The van der Waals surface area contributed by atoms with Gasteiger partial charge < -0.3 is 9.30 Å². The fourth-order valence-electron chi connectivity index (χ4n) is 2.74. The van der Waals surface area contributed by atoms with Crippen LogP contribution in [0.4, 0.5) is 0 Å². The highest BCUT2D eigenvalue weighted by Gasteiger charge is 2.07. The lowest BCUT2D eigenvalue weighted by molar-refractivity contribution is 0.300. The molecule has 0 aliphatic heterocycles. The third kappa shape index (κ3) is 3.67. The van der Waals surface area contributed by atoms with Crippen molar-refractivity contribution >= 4 is 33.0 Å². The maximum atomic E-state index is 5.85. The van der Waals surface area contributed by atoms with E-state index in [1.165, 1.54) is 0 Å². The number of rotatable bonds is 6. The molecule has 26 heavy (non-hydrogen) atoms. The fraction of sp³-hybridized carbons (Fsp3) is 0.105. The zero-order chi connectivity index (χ0) is 17.8. The van der Waals surface area contributed by atoms with Crippen molar-refractivity contribution in [2.45, 2.75) is 6.54 Å². The van der Waals surface area contributed by atoms with Gasteiger partial charge in [-0.15, -0.1) is 10.2 Å². The van der Waals surface area contributed by atoms with Crippen molar-refractivity contribution in [2.75, 3.05) is 6.61 Å². The van der Waals surface area contributed by atoms with Gasteiger partial charge in [-0.3, -0.25) is 0 Å². The molecule has 0 atom stereocenters. The summed E-state index contributed by atoms with van der Waals surface area (Å²) in [7, 11) is 0. The molecule has 4 aromatic rings. The molecule has 0 aliphatic carbocycles. The first-order chi connectivity index (χ1) is 12.8. The zero-order valence-corrected chi connectivity index (χ0v) is 15.5. The smallest absolute Gasteiger partial charge is 0.141 e. The monoisotopic (exact) mass is 409 g/mol. The van der Waals surface area contributed by atoms with E-state index in [0.717, 1.165) is 33.2 Å². The molecule has 130 valence electrons. The lowest BCUT2D eigenvalue weighted by Gasteiger charge is -2.08. The summed E-state index contributed by atoms with van der Waals surface area (Å²) in [6.07, 6.45) is 7.02. The van der Waals surface area contributed by atoms with Crippen LogP contribution in [0.25, 0.3) is 10.9 Å². The van der Waals surface area contributed by atoms with Crippen LogP contribution in [0, 0.1) is 0 Å². The average Bonchev–Trinajstić information content (AvgIpc) is 3.30. The van der Waals surface area contributed by atoms with Crippen molar-refractivity contribution in [3.05, 3.63) is 77.4 Å². The van der Waals surface area contributed by atoms with E-state index in [9.17, 15) is 0 Å². The van der Waals surface area contributed by atoms with Gasteiger partial charge in [-0.2, -0.15) is 5.10 Å². The van der Waals surface area contributed by atoms with Crippen LogP contribution in [0.15, 0.2) is 77.0 Å². The molecule has 0 amide bonds. The Balaban J connectivity index is 1.52. The van der Waals surface area contributed by atoms with Crippen molar-refractivity contribution in [2.24, 2.45) is 5.10 Å². The summed E-state index contributed by atoms with van der Waals surface area (Å²) in [5.74, 6) is 0.860. The predicted molar refractivity (Wildman–Crippen MR) is 105 cm³/mol. The molecule has 7 heteroatoms. The number of ether oxygens (including phenoxy) is 1. The first-order valence-electron chi connectivity index (χ1n) is 8.15. The van der Waals surface area contributed by atoms with Gasteiger partial charge in [-0.25, -0.2) is 4.68 Å². The second kappa shape index (κ2) is 7.53. The molecular weight excluding hydrogens is 394 g/mol. The highest BCUT2D eigenvalue weighted by molar-refractivity contribution is 9.10. The molecule has 0 bridgehead atoms. The number of hydrogen-bond acceptors (Lipinski definition) is 4. The van der Waals surface area contributed by atoms with E-state index in [1.807, 2.05) is 42.6 Å². The quantitative estimate of drug-likeness (QED) is 0.453. The van der Waals surface area contributed by atoms with Gasteiger partial charge in [0.2, 0.25) is 0 Å². The molecule has 2 aromatic carbocycles. The summed E-state index contributed by atoms with van der Waals surface area (Å²) in [6.45, 7) is 1.33. The Morgan fingerprint density at radius 1 is 1.04 bits per heavy atom. The highest BCUT2D eigenvalue weighted by atomic mass is 79.9. The SMILES string of the molecule is Brc1ccc(OCCn2cc(C=Nn3cnnc3)c3ccccc32)cc1. The molecule has 0 saturated carbocycles. The van der Waals surface area contributed by atoms with Gasteiger partial charge in [-0.05, 0) is 30.3 Å². The standard InChI is InChI=1S/C19H16BrN5O/c20-16-5-7-17(8-6-16)26-10-9-24-12-15(11-23-25-13-21-22-14-25)18-3-1-2-4-19(18)24/h1-8,11-14H,9-10H2. The maximum absolute atomic E-state index is 5.85. The molecule has 4 rings (SSSR count). The average molecular weight is 410 g/mol. The fourth-order valence-corrected chi connectivity index (χ4v) is 3.00. The van der Waals surface area contributed by atoms with Gasteiger partial charge >= 0.3 is 0 Å². The van der Waals surface area contributed by atoms with Crippen molar-refractivity contribution in [1.82, 2.24) is 19.4 Å². The van der Waals surface area contributed by atoms with Crippen molar-refractivity contribution < 1.29 is 4.74 Å². The van der Waals surface area contributed by atoms with Gasteiger partial charge in [0.1, 0.15) is 25.0 Å². The minimum atomic E-state index is 0.586. The normalized spacial score (nSPS) is 11.4. The summed E-state index contributed by atoms with van der Waals surface area (Å²) in [5.41, 5.74) is 2.19. The lowest BCUT2D eigenvalue weighted by atomic mass is 10.2. The number of hydrogen-bond donors (Lipinski definition) is 0. The van der Waals surface area contributed by atoms with Gasteiger partial charge in [0.25, 0.3) is 0 Å². The predicted octanol–water partition coefficient (Wildman–Crippen LogP) is 3.96. The van der Waals surface area contributed by atoms with Crippen LogP contribution in [-0.4, -0.2) is 32.3 Å². The van der Waals surface area contributed by atoms with Crippen molar-refractivity contribution in [3.8, 4) is 5.75 Å². The number of benzene rings is 2. The van der Waals surface area contributed by atoms with E-state index in [1.54, 1.807) is 17.3 Å². The molecular formula is C19H16BrN5O. The Morgan fingerprint density at radius 3 is 2.62 bits per heavy atom. The molecule has 0 spiro atoms. The molecule has 6 nitrogen and oxygen atoms in total. The van der Waals surface area contributed by atoms with E-state index in [2.05, 4.69) is 54.1 Å². The molecule has 0 aliphatic rings. The number of para-hydroxylation sites is 1. The Hall–Kier alpha value is -2.93. The Morgan fingerprint density at radius 2 is 1.81 bits per heavy atom. The van der Waals surface area contributed by atoms with Crippen LogP contribution >= 0.6 is 15.9 Å². The van der Waals surface area contributed by atoms with Crippen molar-refractivity contribution in [3.63, 3.8) is 0 Å². The highest BCUT2D eigenvalue weighted by Crippen LogP contribution is 2.21. The number of fused-ring (bicyclic) bond motifs is 1. The topological polar surface area (TPSA) is 57.2 Å². The second-order valence-electron chi connectivity index (χ2n) is 5.68. The minimum Gasteiger partial charge on any atom is -0.492 e. The Kier molecular flexibility index (Phi) is 4.79. The molecule has 0 N–H and O–H groups in total. The van der Waals surface area contributed by atoms with Gasteiger partial charge in [0.15, 0.2) is 0 Å². The maximum Gasteiger partial charge on any atom is 0.141 e. The third-order valence-corrected chi connectivity index (χ3v) is 4.50. The van der Waals surface area contributed by atoms with E-state index in [4.69, 9.17) is 4.74 Å². The van der Waals surface area contributed by atoms with E-state index < -0.39 is 0 Å². The number of nitrogens with zero attached hydrogens (tertiary/aromatic N) is 5. The van der Waals surface area contributed by atoms with Crippen LogP contribution in [0.3, 0.4) is 0 Å². The van der Waals surface area contributed by atoms with Crippen molar-refractivity contribution in [1.29, 1.82) is 0 Å². The molecule has 0 unspecified atom stereocenters. The molecule has 0 radical (unpaired) electrons. The van der Waals surface area contributed by atoms with E-state index >= 15 is 0 Å². The summed E-state index contributed by atoms with van der Waals surface area (Å²) < 4.78 is 10.6. The lowest BCUT2D eigenvalue weighted by Crippen LogP contribution is -2.07. The second-order valence-corrected chi connectivity index (χ2v) is 6.60. The summed E-state index contributed by atoms with van der Waals surface area (Å²) >= 11 is 3.43. The molecule has 2 aromatic heterocycles. The van der Waals surface area contributed by atoms with E-state index in [0.29, 0.717) is 6.61 Å². The third-order valence-electron chi connectivity index (χ3n) is 3.97. The Bertz CT molecular complexity index is 1020. The zero-order valence-electron chi connectivity index (χ0n) is 13.9. The number of halogens is 1. The summed E-state index contributed by atoms with van der Waals surface area (Å²) in [6, 6.07) is 16.1. The molecule has 0 saturated heterocycles.